The number of nitrogens with zero attached hydrogens (tertiary/aromatic N) is 7. The molecule has 1 N–H and O–H groups in total. The van der Waals surface area contributed by atoms with Gasteiger partial charge in [0.1, 0.15) is 24.9 Å². The molecular formula is C20H20N8O2. The first-order valence-electron chi connectivity index (χ1n) is 9.36. The summed E-state index contributed by atoms with van der Waals surface area (Å²) in [6.07, 6.45) is 3.11. The first-order valence-corrected chi connectivity index (χ1v) is 9.36. The number of tetrazole rings is 1. The highest BCUT2D eigenvalue weighted by atomic mass is 16.5. The molecule has 1 atom stereocenters. The first kappa shape index (κ1) is 19.2. The van der Waals surface area contributed by atoms with Crippen molar-refractivity contribution in [3.63, 3.8) is 0 Å². The maximum absolute atomic E-state index is 12.3. The van der Waals surface area contributed by atoms with E-state index in [1.807, 2.05) is 61.5 Å². The highest BCUT2D eigenvalue weighted by Crippen LogP contribution is 2.15. The van der Waals surface area contributed by atoms with Gasteiger partial charge in [-0.05, 0) is 42.0 Å². The molecule has 0 unspecified atom stereocenters. The summed E-state index contributed by atoms with van der Waals surface area (Å²) < 4.78 is 7.25. The van der Waals surface area contributed by atoms with E-state index in [1.165, 1.54) is 11.1 Å². The number of rotatable bonds is 8. The zero-order valence-electron chi connectivity index (χ0n) is 16.3. The molecule has 0 aliphatic rings. The Labute approximate surface area is 172 Å². The molecule has 4 aromatic rings. The van der Waals surface area contributed by atoms with Crippen molar-refractivity contribution in [2.45, 2.75) is 26.1 Å². The number of aromatic nitrogens is 7. The van der Waals surface area contributed by atoms with E-state index < -0.39 is 0 Å². The monoisotopic (exact) mass is 404 g/mol. The minimum absolute atomic E-state index is 0.0281. The zero-order valence-corrected chi connectivity index (χ0v) is 16.3. The second-order valence-corrected chi connectivity index (χ2v) is 6.56. The van der Waals surface area contributed by atoms with Gasteiger partial charge in [-0.1, -0.05) is 30.3 Å². The van der Waals surface area contributed by atoms with Gasteiger partial charge in [-0.25, -0.2) is 9.67 Å². The van der Waals surface area contributed by atoms with E-state index in [-0.39, 0.29) is 25.1 Å². The van der Waals surface area contributed by atoms with Crippen molar-refractivity contribution in [2.75, 3.05) is 0 Å². The van der Waals surface area contributed by atoms with E-state index in [0.717, 1.165) is 17.0 Å². The van der Waals surface area contributed by atoms with Gasteiger partial charge < -0.3 is 10.1 Å². The molecule has 10 nitrogen and oxygen atoms in total. The van der Waals surface area contributed by atoms with Gasteiger partial charge >= 0.3 is 0 Å². The maximum atomic E-state index is 12.3. The maximum Gasteiger partial charge on any atom is 0.244 e. The van der Waals surface area contributed by atoms with Crippen molar-refractivity contribution >= 4 is 5.91 Å². The van der Waals surface area contributed by atoms with E-state index in [9.17, 15) is 4.79 Å². The third kappa shape index (κ3) is 4.85. The van der Waals surface area contributed by atoms with Gasteiger partial charge in [0.25, 0.3) is 0 Å². The van der Waals surface area contributed by atoms with E-state index in [2.05, 4.69) is 30.8 Å². The molecule has 10 heteroatoms. The van der Waals surface area contributed by atoms with Crippen LogP contribution in [-0.4, -0.2) is 40.9 Å². The number of carbonyl (C=O) groups excluding carboxylic acids is 1. The summed E-state index contributed by atoms with van der Waals surface area (Å²) in [5.41, 5.74) is 1.86. The van der Waals surface area contributed by atoms with E-state index in [4.69, 9.17) is 4.74 Å². The average molecular weight is 404 g/mol. The SMILES string of the molecule is C[C@@H](NC(=O)Cn1nnc(COc2ccccc2)n1)c1ccc(-n2cncn2)cc1. The van der Waals surface area contributed by atoms with Gasteiger partial charge in [-0.15, -0.1) is 10.2 Å². The number of hydrogen-bond acceptors (Lipinski definition) is 7. The Morgan fingerprint density at radius 2 is 1.93 bits per heavy atom. The van der Waals surface area contributed by atoms with Crippen LogP contribution in [0.25, 0.3) is 5.69 Å². The lowest BCUT2D eigenvalue weighted by atomic mass is 10.1. The molecule has 0 saturated heterocycles. The normalized spacial score (nSPS) is 11.8. The number of amides is 1. The molecule has 0 spiro atoms. The van der Waals surface area contributed by atoms with Crippen molar-refractivity contribution in [3.8, 4) is 11.4 Å². The fourth-order valence-electron chi connectivity index (χ4n) is 2.82. The molecule has 2 heterocycles. The molecule has 0 aliphatic carbocycles. The predicted molar refractivity (Wildman–Crippen MR) is 107 cm³/mol. The van der Waals surface area contributed by atoms with Crippen LogP contribution in [0.1, 0.15) is 24.4 Å². The lowest BCUT2D eigenvalue weighted by molar-refractivity contribution is -0.122. The summed E-state index contributed by atoms with van der Waals surface area (Å²) in [7, 11) is 0. The third-order valence-electron chi connectivity index (χ3n) is 4.34. The van der Waals surface area contributed by atoms with Crippen molar-refractivity contribution in [3.05, 3.63) is 78.6 Å². The van der Waals surface area contributed by atoms with E-state index >= 15 is 0 Å². The van der Waals surface area contributed by atoms with Crippen LogP contribution >= 0.6 is 0 Å². The van der Waals surface area contributed by atoms with Gasteiger partial charge in [0, 0.05) is 0 Å². The lowest BCUT2D eigenvalue weighted by Crippen LogP contribution is -2.30. The Morgan fingerprint density at radius 3 is 2.67 bits per heavy atom. The molecule has 1 amide bonds. The van der Waals surface area contributed by atoms with Crippen molar-refractivity contribution in [1.29, 1.82) is 0 Å². The van der Waals surface area contributed by atoms with Crippen LogP contribution in [0.3, 0.4) is 0 Å². The zero-order chi connectivity index (χ0) is 20.8. The Hall–Kier alpha value is -4.08. The fourth-order valence-corrected chi connectivity index (χ4v) is 2.82. The lowest BCUT2D eigenvalue weighted by Gasteiger charge is -2.14. The standard InChI is InChI=1S/C20H20N8O2/c1-15(16-7-9-17(10-8-16)27-14-21-13-22-27)23-20(29)11-28-25-19(24-26-28)12-30-18-5-3-2-4-6-18/h2-10,13-15H,11-12H2,1H3,(H,23,29)/t15-/m1/s1. The molecule has 152 valence electrons. The molecule has 0 radical (unpaired) electrons. The van der Waals surface area contributed by atoms with E-state index in [1.54, 1.807) is 11.0 Å². The Kier molecular flexibility index (Phi) is 5.74. The predicted octanol–water partition coefficient (Wildman–Crippen LogP) is 1.71. The quantitative estimate of drug-likeness (QED) is 0.476. The number of para-hydroxylation sites is 1. The van der Waals surface area contributed by atoms with Crippen molar-refractivity contribution in [2.24, 2.45) is 0 Å². The van der Waals surface area contributed by atoms with Crippen LogP contribution in [-0.2, 0) is 17.9 Å². The number of nitrogens with one attached hydrogen (secondary N) is 1. The van der Waals surface area contributed by atoms with Crippen LogP contribution in [0, 0.1) is 0 Å². The smallest absolute Gasteiger partial charge is 0.244 e. The number of ether oxygens (including phenoxy) is 1. The van der Waals surface area contributed by atoms with Crippen molar-refractivity contribution in [1.82, 2.24) is 40.3 Å². The number of benzene rings is 2. The second kappa shape index (κ2) is 8.95. The van der Waals surface area contributed by atoms with Crippen LogP contribution in [0.2, 0.25) is 0 Å². The number of carbonyl (C=O) groups is 1. The fraction of sp³-hybridized carbons (Fsp3) is 0.200. The van der Waals surface area contributed by atoms with Gasteiger partial charge in [0.2, 0.25) is 11.7 Å². The van der Waals surface area contributed by atoms with Crippen LogP contribution in [0.5, 0.6) is 5.75 Å². The Bertz CT molecular complexity index is 1080. The van der Waals surface area contributed by atoms with Gasteiger partial charge in [-0.2, -0.15) is 9.90 Å². The molecule has 30 heavy (non-hydrogen) atoms. The molecule has 0 aliphatic heterocycles. The van der Waals surface area contributed by atoms with Crippen LogP contribution in [0.15, 0.2) is 67.3 Å². The van der Waals surface area contributed by atoms with Gasteiger partial charge in [-0.3, -0.25) is 4.79 Å². The molecule has 0 bridgehead atoms. The molecule has 4 rings (SSSR count). The van der Waals surface area contributed by atoms with E-state index in [0.29, 0.717) is 5.82 Å². The molecule has 0 fully saturated rings. The summed E-state index contributed by atoms with van der Waals surface area (Å²) in [5, 5.41) is 19.0. The first-order chi connectivity index (χ1) is 14.7. The van der Waals surface area contributed by atoms with Gasteiger partial charge in [0.15, 0.2) is 6.61 Å². The summed E-state index contributed by atoms with van der Waals surface area (Å²) in [5.74, 6) is 0.912. The Morgan fingerprint density at radius 1 is 1.13 bits per heavy atom. The molecule has 2 aromatic heterocycles. The minimum atomic E-state index is -0.212. The minimum Gasteiger partial charge on any atom is -0.485 e. The highest BCUT2D eigenvalue weighted by molar-refractivity contribution is 5.76. The number of hydrogen-bond donors (Lipinski definition) is 1. The van der Waals surface area contributed by atoms with Crippen LogP contribution in [0.4, 0.5) is 0 Å². The molecule has 0 saturated carbocycles. The largest absolute Gasteiger partial charge is 0.485 e. The summed E-state index contributed by atoms with van der Waals surface area (Å²) in [4.78, 5) is 17.5. The third-order valence-corrected chi connectivity index (χ3v) is 4.34. The Balaban J connectivity index is 1.28. The summed E-state index contributed by atoms with van der Waals surface area (Å²) >= 11 is 0. The van der Waals surface area contributed by atoms with Crippen molar-refractivity contribution < 1.29 is 9.53 Å². The highest BCUT2D eigenvalue weighted by Gasteiger charge is 2.13. The average Bonchev–Trinajstić information content (AvgIpc) is 3.45. The summed E-state index contributed by atoms with van der Waals surface area (Å²) in [6, 6.07) is 16.9. The van der Waals surface area contributed by atoms with Crippen LogP contribution < -0.4 is 10.1 Å². The topological polar surface area (TPSA) is 113 Å². The summed E-state index contributed by atoms with van der Waals surface area (Å²) in [6.45, 7) is 2.07. The van der Waals surface area contributed by atoms with Gasteiger partial charge in [0.05, 0.1) is 11.7 Å². The molecule has 2 aromatic carbocycles. The second-order valence-electron chi connectivity index (χ2n) is 6.56. The molecular weight excluding hydrogens is 384 g/mol.